The number of unbranched alkanes of at least 4 members (excludes halogenated alkanes) is 28. The summed E-state index contributed by atoms with van der Waals surface area (Å²) < 4.78 is 30.1. The van der Waals surface area contributed by atoms with Crippen LogP contribution in [0.3, 0.4) is 0 Å². The van der Waals surface area contributed by atoms with E-state index >= 15 is 0 Å². The van der Waals surface area contributed by atoms with Gasteiger partial charge in [-0.2, -0.15) is 0 Å². The third-order valence-electron chi connectivity index (χ3n) is 11.8. The maximum absolute atomic E-state index is 13.4. The lowest BCUT2D eigenvalue weighted by molar-refractivity contribution is -0.870. The second kappa shape index (κ2) is 45.0. The Bertz CT molecular complexity index is 1200. The molecule has 0 saturated carbocycles. The molecular weight excluding hydrogens is 820 g/mol. The van der Waals surface area contributed by atoms with Crippen molar-refractivity contribution in [2.45, 2.75) is 258 Å². The fraction of sp³-hybridized carbons (Fsp3) is 0.852. The number of nitrogens with one attached hydrogen (secondary N) is 1. The summed E-state index contributed by atoms with van der Waals surface area (Å²) >= 11 is 0. The molecule has 0 bridgehead atoms. The van der Waals surface area contributed by atoms with Crippen molar-refractivity contribution in [2.75, 3.05) is 40.9 Å². The van der Waals surface area contributed by atoms with Crippen LogP contribution in [-0.4, -0.2) is 69.4 Å². The largest absolute Gasteiger partial charge is 0.756 e. The fourth-order valence-electron chi connectivity index (χ4n) is 7.57. The standard InChI is InChI=1S/C54H103N2O7P/c1-7-10-13-16-19-22-25-27-29-32-35-38-41-44-47-54(58)63-52(45-42-39-36-33-30-24-21-18-15-12-9-3)51(50-62-64(59,60)61-49-48-56(4,5)6)55-53(57)46-43-40-37-34-31-28-26-23-20-17-14-11-8-2/h28-29,31-32,42,45,51-52H,7-27,30,33-41,43-44,46-50H2,1-6H3,(H-,55,57,59,60)/b31-28-,32-29-,45-42+. The van der Waals surface area contributed by atoms with E-state index in [-0.39, 0.29) is 24.9 Å². The number of nitrogens with zero attached hydrogens (tertiary/aromatic N) is 1. The van der Waals surface area contributed by atoms with Crippen molar-refractivity contribution in [3.8, 4) is 0 Å². The van der Waals surface area contributed by atoms with Gasteiger partial charge in [0.25, 0.3) is 7.82 Å². The number of hydrogen-bond acceptors (Lipinski definition) is 7. The summed E-state index contributed by atoms with van der Waals surface area (Å²) in [4.78, 5) is 39.6. The van der Waals surface area contributed by atoms with Gasteiger partial charge in [-0.05, 0) is 83.1 Å². The molecule has 0 spiro atoms. The van der Waals surface area contributed by atoms with Crippen molar-refractivity contribution in [1.82, 2.24) is 5.32 Å². The summed E-state index contributed by atoms with van der Waals surface area (Å²) in [6.45, 7) is 6.79. The molecule has 1 amide bonds. The van der Waals surface area contributed by atoms with Crippen LogP contribution in [0.1, 0.15) is 245 Å². The molecule has 0 rings (SSSR count). The minimum absolute atomic E-state index is 0.0262. The molecule has 0 aliphatic heterocycles. The smallest absolute Gasteiger partial charge is 0.306 e. The first kappa shape index (κ1) is 62.2. The molecule has 0 fully saturated rings. The van der Waals surface area contributed by atoms with E-state index in [2.05, 4.69) is 50.4 Å². The van der Waals surface area contributed by atoms with Crippen LogP contribution in [0.25, 0.3) is 0 Å². The van der Waals surface area contributed by atoms with Gasteiger partial charge in [0.05, 0.1) is 33.8 Å². The van der Waals surface area contributed by atoms with Crippen LogP contribution >= 0.6 is 7.82 Å². The van der Waals surface area contributed by atoms with E-state index in [4.69, 9.17) is 13.8 Å². The Morgan fingerprint density at radius 1 is 0.531 bits per heavy atom. The summed E-state index contributed by atoms with van der Waals surface area (Å²) in [5.74, 6) is -0.576. The number of ether oxygens (including phenoxy) is 1. The molecule has 0 saturated heterocycles. The number of rotatable bonds is 48. The molecule has 0 aromatic carbocycles. The Labute approximate surface area is 396 Å². The first-order valence-corrected chi connectivity index (χ1v) is 28.3. The number of phosphoric acid groups is 1. The molecule has 0 heterocycles. The zero-order valence-corrected chi connectivity index (χ0v) is 43.6. The molecule has 3 unspecified atom stereocenters. The average Bonchev–Trinajstić information content (AvgIpc) is 3.25. The molecule has 64 heavy (non-hydrogen) atoms. The van der Waals surface area contributed by atoms with Gasteiger partial charge in [0, 0.05) is 12.8 Å². The third-order valence-corrected chi connectivity index (χ3v) is 12.8. The molecule has 0 aliphatic rings. The summed E-state index contributed by atoms with van der Waals surface area (Å²) in [6.07, 6.45) is 51.1. The van der Waals surface area contributed by atoms with Gasteiger partial charge in [0.1, 0.15) is 19.3 Å². The Hall–Kier alpha value is -1.77. The molecule has 1 N–H and O–H groups in total. The van der Waals surface area contributed by atoms with Gasteiger partial charge >= 0.3 is 5.97 Å². The molecule has 3 atom stereocenters. The summed E-state index contributed by atoms with van der Waals surface area (Å²) in [6, 6.07) is -0.897. The van der Waals surface area contributed by atoms with Crippen molar-refractivity contribution in [2.24, 2.45) is 0 Å². The summed E-state index contributed by atoms with van der Waals surface area (Å²) in [5.41, 5.74) is 0. The number of phosphoric ester groups is 1. The normalized spacial score (nSPS) is 14.2. The highest BCUT2D eigenvalue weighted by atomic mass is 31.2. The Morgan fingerprint density at radius 3 is 1.33 bits per heavy atom. The van der Waals surface area contributed by atoms with Gasteiger partial charge < -0.3 is 28.5 Å². The lowest BCUT2D eigenvalue weighted by Crippen LogP contribution is -2.47. The predicted octanol–water partition coefficient (Wildman–Crippen LogP) is 15.0. The van der Waals surface area contributed by atoms with Gasteiger partial charge in [-0.3, -0.25) is 14.2 Å². The van der Waals surface area contributed by atoms with Crippen LogP contribution in [0.2, 0.25) is 0 Å². The van der Waals surface area contributed by atoms with Crippen molar-refractivity contribution in [1.29, 1.82) is 0 Å². The molecule has 9 nitrogen and oxygen atoms in total. The van der Waals surface area contributed by atoms with Crippen LogP contribution in [0.5, 0.6) is 0 Å². The molecular formula is C54H103N2O7P. The van der Waals surface area contributed by atoms with E-state index in [1.807, 2.05) is 33.3 Å². The van der Waals surface area contributed by atoms with Gasteiger partial charge in [-0.1, -0.05) is 186 Å². The highest BCUT2D eigenvalue weighted by Gasteiger charge is 2.27. The predicted molar refractivity (Wildman–Crippen MR) is 270 cm³/mol. The average molecular weight is 923 g/mol. The number of allylic oxidation sites excluding steroid dienone is 5. The number of hydrogen-bond donors (Lipinski definition) is 1. The number of esters is 1. The van der Waals surface area contributed by atoms with E-state index in [1.165, 1.54) is 128 Å². The fourth-order valence-corrected chi connectivity index (χ4v) is 8.29. The lowest BCUT2D eigenvalue weighted by atomic mass is 10.1. The van der Waals surface area contributed by atoms with E-state index in [1.54, 1.807) is 0 Å². The Morgan fingerprint density at radius 2 is 0.906 bits per heavy atom. The minimum atomic E-state index is -4.69. The molecule has 0 radical (unpaired) electrons. The van der Waals surface area contributed by atoms with E-state index < -0.39 is 26.6 Å². The van der Waals surface area contributed by atoms with Gasteiger partial charge in [0.15, 0.2) is 0 Å². The molecule has 0 aliphatic carbocycles. The molecule has 10 heteroatoms. The molecule has 0 aromatic rings. The lowest BCUT2D eigenvalue weighted by Gasteiger charge is -2.30. The first-order valence-electron chi connectivity index (χ1n) is 26.8. The molecule has 0 aromatic heterocycles. The van der Waals surface area contributed by atoms with Crippen LogP contribution < -0.4 is 10.2 Å². The number of carbonyl (C=O) groups excluding carboxylic acids is 2. The zero-order chi connectivity index (χ0) is 47.3. The van der Waals surface area contributed by atoms with E-state index in [0.29, 0.717) is 30.3 Å². The van der Waals surface area contributed by atoms with Crippen molar-refractivity contribution < 1.29 is 37.3 Å². The van der Waals surface area contributed by atoms with Crippen LogP contribution in [0.15, 0.2) is 36.5 Å². The number of carbonyl (C=O) groups is 2. The number of amides is 1. The number of likely N-dealkylation sites (N-methyl/N-ethyl adjacent to an activating group) is 1. The third kappa shape index (κ3) is 45.4. The Kier molecular flexibility index (Phi) is 43.8. The first-order chi connectivity index (χ1) is 30.9. The van der Waals surface area contributed by atoms with E-state index in [9.17, 15) is 19.0 Å². The van der Waals surface area contributed by atoms with Crippen molar-refractivity contribution in [3.63, 3.8) is 0 Å². The quantitative estimate of drug-likeness (QED) is 0.0212. The monoisotopic (exact) mass is 923 g/mol. The zero-order valence-electron chi connectivity index (χ0n) is 42.7. The second-order valence-corrected chi connectivity index (χ2v) is 20.8. The molecule has 376 valence electrons. The highest BCUT2D eigenvalue weighted by Crippen LogP contribution is 2.38. The van der Waals surface area contributed by atoms with Gasteiger partial charge in [0.2, 0.25) is 5.91 Å². The van der Waals surface area contributed by atoms with Crippen molar-refractivity contribution in [3.05, 3.63) is 36.5 Å². The number of quaternary nitrogens is 1. The van der Waals surface area contributed by atoms with Crippen LogP contribution in [0.4, 0.5) is 0 Å². The topological polar surface area (TPSA) is 114 Å². The van der Waals surface area contributed by atoms with Crippen LogP contribution in [-0.2, 0) is 27.9 Å². The Balaban J connectivity index is 5.44. The van der Waals surface area contributed by atoms with E-state index in [0.717, 1.165) is 70.6 Å². The summed E-state index contributed by atoms with van der Waals surface area (Å²) in [7, 11) is 1.17. The van der Waals surface area contributed by atoms with Gasteiger partial charge in [-0.25, -0.2) is 0 Å². The highest BCUT2D eigenvalue weighted by molar-refractivity contribution is 7.45. The SMILES string of the molecule is CCCCCCCC/C=C\CCCCCC(=O)NC(COP(=O)([O-])OCC[N+](C)(C)C)C(/C=C/CCCCCCCCCCC)OC(=O)CCCCC/C=C\CCCCCCCCC. The maximum atomic E-state index is 13.4. The van der Waals surface area contributed by atoms with Crippen molar-refractivity contribution >= 4 is 19.7 Å². The minimum Gasteiger partial charge on any atom is -0.756 e. The second-order valence-electron chi connectivity index (χ2n) is 19.4. The maximum Gasteiger partial charge on any atom is 0.306 e. The van der Waals surface area contributed by atoms with Crippen LogP contribution in [0, 0.1) is 0 Å². The summed E-state index contributed by atoms with van der Waals surface area (Å²) in [5, 5.41) is 3.00. The van der Waals surface area contributed by atoms with Gasteiger partial charge in [-0.15, -0.1) is 0 Å².